The van der Waals surface area contributed by atoms with Crippen molar-refractivity contribution in [2.24, 2.45) is 0 Å². The topological polar surface area (TPSA) is 97.4 Å². The number of carbonyl (C=O) groups is 3. The van der Waals surface area contributed by atoms with E-state index >= 15 is 0 Å². The Morgan fingerprint density at radius 2 is 1.43 bits per heavy atom. The van der Waals surface area contributed by atoms with E-state index in [1.165, 1.54) is 26.8 Å². The van der Waals surface area contributed by atoms with Gasteiger partial charge in [0.15, 0.2) is 24.6 Å². The summed E-state index contributed by atoms with van der Waals surface area (Å²) < 4.78 is 26.6. The van der Waals surface area contributed by atoms with Gasteiger partial charge in [-0.1, -0.05) is 6.08 Å². The van der Waals surface area contributed by atoms with E-state index in [-0.39, 0.29) is 6.61 Å². The van der Waals surface area contributed by atoms with Crippen molar-refractivity contribution in [3.8, 4) is 0 Å². The van der Waals surface area contributed by atoms with Crippen LogP contribution in [0.5, 0.6) is 0 Å². The van der Waals surface area contributed by atoms with Crippen molar-refractivity contribution in [1.82, 2.24) is 0 Å². The average molecular weight is 330 g/mol. The van der Waals surface area contributed by atoms with Gasteiger partial charge in [0.2, 0.25) is 0 Å². The molecule has 8 nitrogen and oxygen atoms in total. The molecule has 0 bridgehead atoms. The highest BCUT2D eigenvalue weighted by Gasteiger charge is 2.50. The Labute approximate surface area is 134 Å². The van der Waals surface area contributed by atoms with Crippen LogP contribution in [0.1, 0.15) is 27.7 Å². The van der Waals surface area contributed by atoms with E-state index in [1.807, 2.05) is 0 Å². The van der Waals surface area contributed by atoms with Crippen LogP contribution in [0.2, 0.25) is 0 Å². The normalized spacial score (nSPS) is 30.2. The van der Waals surface area contributed by atoms with Crippen molar-refractivity contribution in [2.45, 2.75) is 58.4 Å². The Balaban J connectivity index is 3.10. The van der Waals surface area contributed by atoms with Gasteiger partial charge >= 0.3 is 17.9 Å². The van der Waals surface area contributed by atoms with Crippen molar-refractivity contribution < 1.29 is 38.1 Å². The van der Waals surface area contributed by atoms with E-state index < -0.39 is 48.6 Å². The quantitative estimate of drug-likeness (QED) is 0.399. The Morgan fingerprint density at radius 1 is 0.957 bits per heavy atom. The lowest BCUT2D eigenvalue weighted by Gasteiger charge is -2.43. The number of hydrogen-bond acceptors (Lipinski definition) is 8. The molecule has 0 aromatic carbocycles. The average Bonchev–Trinajstić information content (AvgIpc) is 2.42. The van der Waals surface area contributed by atoms with E-state index in [0.29, 0.717) is 0 Å². The van der Waals surface area contributed by atoms with E-state index in [0.717, 1.165) is 0 Å². The maximum Gasteiger partial charge on any atom is 0.303 e. The van der Waals surface area contributed by atoms with Crippen LogP contribution < -0.4 is 0 Å². The molecule has 5 atom stereocenters. The molecule has 0 saturated carbocycles. The third-order valence-electron chi connectivity index (χ3n) is 3.01. The fourth-order valence-corrected chi connectivity index (χ4v) is 2.27. The van der Waals surface area contributed by atoms with Crippen LogP contribution in [-0.4, -0.2) is 55.2 Å². The van der Waals surface area contributed by atoms with Gasteiger partial charge in [-0.05, 0) is 6.92 Å². The Hall–Kier alpha value is -1.93. The first-order valence-corrected chi connectivity index (χ1v) is 7.15. The first kappa shape index (κ1) is 19.1. The van der Waals surface area contributed by atoms with Gasteiger partial charge < -0.3 is 23.7 Å². The predicted molar refractivity (Wildman–Crippen MR) is 77.1 cm³/mol. The highest BCUT2D eigenvalue weighted by molar-refractivity contribution is 5.68. The molecular formula is C15H22O8. The zero-order valence-electron chi connectivity index (χ0n) is 13.6. The van der Waals surface area contributed by atoms with Crippen LogP contribution in [-0.2, 0) is 38.1 Å². The van der Waals surface area contributed by atoms with Gasteiger partial charge in [0.05, 0.1) is 12.7 Å². The second kappa shape index (κ2) is 8.64. The molecule has 0 radical (unpaired) electrons. The molecule has 0 N–H and O–H groups in total. The summed E-state index contributed by atoms with van der Waals surface area (Å²) in [7, 11) is 0. The monoisotopic (exact) mass is 330 g/mol. The van der Waals surface area contributed by atoms with Crippen LogP contribution >= 0.6 is 0 Å². The second-order valence-corrected chi connectivity index (χ2v) is 5.05. The summed E-state index contributed by atoms with van der Waals surface area (Å²) in [6.45, 7) is 8.93. The Kier molecular flexibility index (Phi) is 7.18. The lowest BCUT2D eigenvalue weighted by atomic mass is 9.99. The minimum absolute atomic E-state index is 0.139. The maximum absolute atomic E-state index is 11.4. The van der Waals surface area contributed by atoms with Crippen molar-refractivity contribution >= 4 is 17.9 Å². The predicted octanol–water partition coefficient (Wildman–Crippen LogP) is 0.729. The van der Waals surface area contributed by atoms with E-state index in [9.17, 15) is 14.4 Å². The minimum Gasteiger partial charge on any atom is -0.456 e. The summed E-state index contributed by atoms with van der Waals surface area (Å²) in [6.07, 6.45) is -3.16. The van der Waals surface area contributed by atoms with Gasteiger partial charge in [-0.25, -0.2) is 0 Å². The molecule has 1 aliphatic rings. The van der Waals surface area contributed by atoms with Gasteiger partial charge in [-0.2, -0.15) is 0 Å². The largest absolute Gasteiger partial charge is 0.456 e. The molecule has 0 aromatic heterocycles. The standard InChI is InChI=1S/C15H22O8/c1-6-7-19-15-14(23-11(5)18)13(22-10(4)17)12(8(2)20-15)21-9(3)16/h6,8,12-15H,1,7H2,2-5H3/t8-,12-,13+,14+,15-/m0/s1. The SMILES string of the molecule is C=CCO[C@H]1O[C@@H](C)[C@H](OC(C)=O)[C@@H](OC(C)=O)[C@H]1OC(C)=O. The molecule has 0 spiro atoms. The van der Waals surface area contributed by atoms with Gasteiger partial charge in [-0.3, -0.25) is 14.4 Å². The molecule has 1 rings (SSSR count). The summed E-state index contributed by atoms with van der Waals surface area (Å²) in [5.41, 5.74) is 0. The maximum atomic E-state index is 11.4. The fraction of sp³-hybridized carbons (Fsp3) is 0.667. The summed E-state index contributed by atoms with van der Waals surface area (Å²) in [4.78, 5) is 34.1. The van der Waals surface area contributed by atoms with Gasteiger partial charge in [-0.15, -0.1) is 6.58 Å². The summed E-state index contributed by atoms with van der Waals surface area (Å²) in [5, 5.41) is 0. The van der Waals surface area contributed by atoms with Crippen LogP contribution in [0.3, 0.4) is 0 Å². The van der Waals surface area contributed by atoms with E-state index in [1.54, 1.807) is 6.92 Å². The minimum atomic E-state index is -1.07. The molecule has 0 aliphatic carbocycles. The zero-order chi connectivity index (χ0) is 17.6. The molecule has 0 amide bonds. The van der Waals surface area contributed by atoms with Crippen molar-refractivity contribution in [1.29, 1.82) is 0 Å². The molecule has 1 heterocycles. The zero-order valence-corrected chi connectivity index (χ0v) is 13.6. The van der Waals surface area contributed by atoms with Crippen molar-refractivity contribution in [2.75, 3.05) is 6.61 Å². The van der Waals surface area contributed by atoms with Crippen molar-refractivity contribution in [3.05, 3.63) is 12.7 Å². The first-order valence-electron chi connectivity index (χ1n) is 7.15. The number of esters is 3. The molecule has 0 unspecified atom stereocenters. The number of ether oxygens (including phenoxy) is 5. The van der Waals surface area contributed by atoms with Gasteiger partial charge in [0.1, 0.15) is 0 Å². The Bertz CT molecular complexity index is 460. The highest BCUT2D eigenvalue weighted by atomic mass is 16.7. The first-order chi connectivity index (χ1) is 10.8. The smallest absolute Gasteiger partial charge is 0.303 e. The number of hydrogen-bond donors (Lipinski definition) is 0. The number of rotatable bonds is 6. The highest BCUT2D eigenvalue weighted by Crippen LogP contribution is 2.29. The third-order valence-corrected chi connectivity index (χ3v) is 3.01. The molecule has 0 aromatic rings. The van der Waals surface area contributed by atoms with Gasteiger partial charge in [0.25, 0.3) is 0 Å². The van der Waals surface area contributed by atoms with E-state index in [4.69, 9.17) is 23.7 Å². The molecule has 1 fully saturated rings. The van der Waals surface area contributed by atoms with E-state index in [2.05, 4.69) is 6.58 Å². The molecule has 1 aliphatic heterocycles. The molecule has 1 saturated heterocycles. The molecule has 8 heteroatoms. The summed E-state index contributed by atoms with van der Waals surface area (Å²) >= 11 is 0. The van der Waals surface area contributed by atoms with Crippen LogP contribution in [0.4, 0.5) is 0 Å². The summed E-state index contributed by atoms with van der Waals surface area (Å²) in [6, 6.07) is 0. The van der Waals surface area contributed by atoms with Crippen LogP contribution in [0, 0.1) is 0 Å². The van der Waals surface area contributed by atoms with Gasteiger partial charge in [0, 0.05) is 20.8 Å². The lowest BCUT2D eigenvalue weighted by molar-refractivity contribution is -0.298. The van der Waals surface area contributed by atoms with Crippen LogP contribution in [0.25, 0.3) is 0 Å². The Morgan fingerprint density at radius 3 is 1.91 bits per heavy atom. The molecule has 130 valence electrons. The van der Waals surface area contributed by atoms with Crippen molar-refractivity contribution in [3.63, 3.8) is 0 Å². The molecule has 23 heavy (non-hydrogen) atoms. The second-order valence-electron chi connectivity index (χ2n) is 5.05. The summed E-state index contributed by atoms with van der Waals surface area (Å²) in [5.74, 6) is -1.80. The number of carbonyl (C=O) groups excluding carboxylic acids is 3. The lowest BCUT2D eigenvalue weighted by Crippen LogP contribution is -2.61. The fourth-order valence-electron chi connectivity index (χ4n) is 2.27. The third kappa shape index (κ3) is 5.65. The van der Waals surface area contributed by atoms with Crippen LogP contribution in [0.15, 0.2) is 12.7 Å². The molecular weight excluding hydrogens is 308 g/mol.